The van der Waals surface area contributed by atoms with E-state index in [1.807, 2.05) is 24.3 Å². The van der Waals surface area contributed by atoms with Gasteiger partial charge in [-0.1, -0.05) is 12.1 Å². The van der Waals surface area contributed by atoms with Crippen LogP contribution in [0.4, 0.5) is 0 Å². The van der Waals surface area contributed by atoms with E-state index in [1.165, 1.54) is 0 Å². The average molecular weight is 268 g/mol. The van der Waals surface area contributed by atoms with Gasteiger partial charge in [-0.25, -0.2) is 0 Å². The summed E-state index contributed by atoms with van der Waals surface area (Å²) in [6, 6.07) is 7.70. The number of methoxy groups -OCH3 is 2. The first-order valence-electron chi connectivity index (χ1n) is 6.30. The summed E-state index contributed by atoms with van der Waals surface area (Å²) in [6.07, 6.45) is -0.115. The minimum absolute atomic E-state index is 0.0624. The molecule has 0 bridgehead atoms. The van der Waals surface area contributed by atoms with Crippen LogP contribution in [-0.2, 0) is 20.8 Å². The highest BCUT2D eigenvalue weighted by Crippen LogP contribution is 2.24. The summed E-state index contributed by atoms with van der Waals surface area (Å²) < 4.78 is 21.5. The van der Waals surface area contributed by atoms with Crippen LogP contribution in [0.15, 0.2) is 24.3 Å². The smallest absolute Gasteiger partial charge is 0.160 e. The Labute approximate surface area is 113 Å². The SMILES string of the molecule is COc1ccc(CO[C@@H]2C[C@@H](OC)O[C@@H]2CO)cc1. The second-order valence-electron chi connectivity index (χ2n) is 4.46. The molecule has 0 spiro atoms. The summed E-state index contributed by atoms with van der Waals surface area (Å²) >= 11 is 0. The van der Waals surface area contributed by atoms with Crippen molar-refractivity contribution in [3.05, 3.63) is 29.8 Å². The number of aliphatic hydroxyl groups is 1. The zero-order chi connectivity index (χ0) is 13.7. The third kappa shape index (κ3) is 3.67. The molecular weight excluding hydrogens is 248 g/mol. The van der Waals surface area contributed by atoms with Gasteiger partial charge < -0.3 is 24.1 Å². The third-order valence-electron chi connectivity index (χ3n) is 3.23. The Morgan fingerprint density at radius 2 is 2.00 bits per heavy atom. The van der Waals surface area contributed by atoms with Crippen LogP contribution in [0.2, 0.25) is 0 Å². The van der Waals surface area contributed by atoms with E-state index < -0.39 is 0 Å². The molecular formula is C14H20O5. The summed E-state index contributed by atoms with van der Waals surface area (Å²) in [5.41, 5.74) is 1.05. The van der Waals surface area contributed by atoms with E-state index in [4.69, 9.17) is 18.9 Å². The van der Waals surface area contributed by atoms with Crippen molar-refractivity contribution in [1.29, 1.82) is 0 Å². The monoisotopic (exact) mass is 268 g/mol. The lowest BCUT2D eigenvalue weighted by molar-refractivity contribution is -0.130. The highest BCUT2D eigenvalue weighted by molar-refractivity contribution is 5.26. The molecule has 0 unspecified atom stereocenters. The summed E-state index contributed by atoms with van der Waals surface area (Å²) in [6.45, 7) is 0.415. The van der Waals surface area contributed by atoms with Gasteiger partial charge in [0, 0.05) is 13.5 Å². The Kier molecular flexibility index (Phi) is 5.15. The van der Waals surface area contributed by atoms with Gasteiger partial charge in [-0.2, -0.15) is 0 Å². The van der Waals surface area contributed by atoms with Gasteiger partial charge in [0.2, 0.25) is 0 Å². The second kappa shape index (κ2) is 6.86. The molecule has 0 saturated carbocycles. The third-order valence-corrected chi connectivity index (χ3v) is 3.23. The first kappa shape index (κ1) is 14.3. The van der Waals surface area contributed by atoms with E-state index in [1.54, 1.807) is 14.2 Å². The lowest BCUT2D eigenvalue weighted by Gasteiger charge is -2.16. The summed E-state index contributed by atoms with van der Waals surface area (Å²) in [7, 11) is 3.23. The highest BCUT2D eigenvalue weighted by Gasteiger charge is 2.35. The van der Waals surface area contributed by atoms with Crippen LogP contribution >= 0.6 is 0 Å². The molecule has 0 aliphatic carbocycles. The molecule has 1 heterocycles. The Hall–Kier alpha value is -1.14. The molecule has 1 aliphatic rings. The maximum absolute atomic E-state index is 9.24. The van der Waals surface area contributed by atoms with Crippen LogP contribution in [0.1, 0.15) is 12.0 Å². The fraction of sp³-hybridized carbons (Fsp3) is 0.571. The number of aliphatic hydroxyl groups excluding tert-OH is 1. The van der Waals surface area contributed by atoms with E-state index >= 15 is 0 Å². The fourth-order valence-corrected chi connectivity index (χ4v) is 2.09. The van der Waals surface area contributed by atoms with Crippen molar-refractivity contribution in [3.8, 4) is 5.75 Å². The number of hydrogen-bond acceptors (Lipinski definition) is 5. The predicted octanol–water partition coefficient (Wildman–Crippen LogP) is 1.33. The van der Waals surface area contributed by atoms with Gasteiger partial charge in [0.15, 0.2) is 6.29 Å². The fourth-order valence-electron chi connectivity index (χ4n) is 2.09. The standard InChI is InChI=1S/C14H20O5/c1-16-11-5-3-10(4-6-11)9-18-12-7-14(17-2)19-13(12)8-15/h3-6,12-15H,7-9H2,1-2H3/t12-,13-,14+/m1/s1. The van der Waals surface area contributed by atoms with Crippen LogP contribution in [-0.4, -0.2) is 44.4 Å². The summed E-state index contributed by atoms with van der Waals surface area (Å²) in [5, 5.41) is 9.24. The van der Waals surface area contributed by atoms with Crippen LogP contribution < -0.4 is 4.74 Å². The Morgan fingerprint density at radius 3 is 2.58 bits per heavy atom. The number of ether oxygens (including phenoxy) is 4. The minimum atomic E-state index is -0.316. The van der Waals surface area contributed by atoms with Crippen molar-refractivity contribution in [1.82, 2.24) is 0 Å². The lowest BCUT2D eigenvalue weighted by Crippen LogP contribution is -2.27. The van der Waals surface area contributed by atoms with Crippen LogP contribution in [0.3, 0.4) is 0 Å². The molecule has 2 rings (SSSR count). The molecule has 5 nitrogen and oxygen atoms in total. The van der Waals surface area contributed by atoms with Crippen LogP contribution in [0, 0.1) is 0 Å². The highest BCUT2D eigenvalue weighted by atomic mass is 16.7. The molecule has 0 amide bonds. The molecule has 1 aromatic carbocycles. The van der Waals surface area contributed by atoms with Crippen molar-refractivity contribution in [2.75, 3.05) is 20.8 Å². The molecule has 106 valence electrons. The minimum Gasteiger partial charge on any atom is -0.497 e. The van der Waals surface area contributed by atoms with Gasteiger partial charge in [-0.15, -0.1) is 0 Å². The zero-order valence-corrected chi connectivity index (χ0v) is 11.2. The molecule has 3 atom stereocenters. The van der Waals surface area contributed by atoms with E-state index in [0.29, 0.717) is 13.0 Å². The molecule has 1 N–H and O–H groups in total. The molecule has 5 heteroatoms. The normalized spacial score (nSPS) is 26.6. The average Bonchev–Trinajstić information content (AvgIpc) is 2.88. The molecule has 0 aromatic heterocycles. The van der Waals surface area contributed by atoms with Crippen LogP contribution in [0.5, 0.6) is 5.75 Å². The molecule has 1 saturated heterocycles. The Balaban J connectivity index is 1.86. The molecule has 1 fully saturated rings. The van der Waals surface area contributed by atoms with Crippen molar-refractivity contribution in [2.24, 2.45) is 0 Å². The Bertz CT molecular complexity index is 378. The quantitative estimate of drug-likeness (QED) is 0.843. The van der Waals surface area contributed by atoms with Gasteiger partial charge >= 0.3 is 0 Å². The molecule has 0 radical (unpaired) electrons. The maximum Gasteiger partial charge on any atom is 0.160 e. The first-order valence-corrected chi connectivity index (χ1v) is 6.30. The topological polar surface area (TPSA) is 57.2 Å². The summed E-state index contributed by atoms with van der Waals surface area (Å²) in [5.74, 6) is 0.820. The molecule has 19 heavy (non-hydrogen) atoms. The van der Waals surface area contributed by atoms with Crippen molar-refractivity contribution in [2.45, 2.75) is 31.5 Å². The Morgan fingerprint density at radius 1 is 1.26 bits per heavy atom. The van der Waals surface area contributed by atoms with Crippen LogP contribution in [0.25, 0.3) is 0 Å². The van der Waals surface area contributed by atoms with E-state index in [-0.39, 0.29) is 25.1 Å². The number of rotatable bonds is 6. The summed E-state index contributed by atoms with van der Waals surface area (Å²) in [4.78, 5) is 0. The van der Waals surface area contributed by atoms with E-state index in [2.05, 4.69) is 0 Å². The van der Waals surface area contributed by atoms with Gasteiger partial charge in [0.25, 0.3) is 0 Å². The van der Waals surface area contributed by atoms with Crippen molar-refractivity contribution >= 4 is 0 Å². The zero-order valence-electron chi connectivity index (χ0n) is 11.2. The largest absolute Gasteiger partial charge is 0.497 e. The molecule has 1 aromatic rings. The van der Waals surface area contributed by atoms with Gasteiger partial charge in [0.1, 0.15) is 11.9 Å². The number of benzene rings is 1. The van der Waals surface area contributed by atoms with Crippen molar-refractivity contribution in [3.63, 3.8) is 0 Å². The predicted molar refractivity (Wildman–Crippen MR) is 68.9 cm³/mol. The van der Waals surface area contributed by atoms with E-state index in [9.17, 15) is 5.11 Å². The molecule has 1 aliphatic heterocycles. The van der Waals surface area contributed by atoms with E-state index in [0.717, 1.165) is 11.3 Å². The van der Waals surface area contributed by atoms with Gasteiger partial charge in [-0.05, 0) is 17.7 Å². The second-order valence-corrected chi connectivity index (χ2v) is 4.46. The maximum atomic E-state index is 9.24. The van der Waals surface area contributed by atoms with Gasteiger partial charge in [0.05, 0.1) is 26.4 Å². The van der Waals surface area contributed by atoms with Crippen molar-refractivity contribution < 1.29 is 24.1 Å². The number of hydrogen-bond donors (Lipinski definition) is 1. The lowest BCUT2D eigenvalue weighted by atomic mass is 10.2. The van der Waals surface area contributed by atoms with Gasteiger partial charge in [-0.3, -0.25) is 0 Å². The first-order chi connectivity index (χ1) is 9.26.